The molecule has 0 fully saturated rings. The van der Waals surface area contributed by atoms with Crippen LogP contribution in [0, 0.1) is 6.92 Å². The number of carbonyl (C=O) groups excluding carboxylic acids is 3. The number of fused-ring (bicyclic) bond motifs is 1. The van der Waals surface area contributed by atoms with E-state index in [-0.39, 0.29) is 30.8 Å². The van der Waals surface area contributed by atoms with E-state index in [4.69, 9.17) is 11.6 Å². The van der Waals surface area contributed by atoms with Gasteiger partial charge in [0.15, 0.2) is 0 Å². The Bertz CT molecular complexity index is 1020. The lowest BCUT2D eigenvalue weighted by atomic mass is 9.96. The Morgan fingerprint density at radius 1 is 1.16 bits per heavy atom. The molecule has 31 heavy (non-hydrogen) atoms. The average molecular weight is 443 g/mol. The van der Waals surface area contributed by atoms with Crippen molar-refractivity contribution in [3.63, 3.8) is 0 Å². The normalized spacial score (nSPS) is 14.8. The highest BCUT2D eigenvalue weighted by Gasteiger charge is 2.43. The molecule has 3 amide bonds. The zero-order valence-corrected chi connectivity index (χ0v) is 18.9. The number of para-hydroxylation sites is 2. The first-order valence-corrected chi connectivity index (χ1v) is 10.5. The molecule has 0 bridgehead atoms. The molecular formula is C23H27ClN4O3. The smallest absolute Gasteiger partial charge is 0.250 e. The van der Waals surface area contributed by atoms with Crippen LogP contribution in [0.4, 0.5) is 17.1 Å². The predicted molar refractivity (Wildman–Crippen MR) is 124 cm³/mol. The van der Waals surface area contributed by atoms with Crippen LogP contribution in [-0.4, -0.2) is 47.8 Å². The fraction of sp³-hybridized carbons (Fsp3) is 0.348. The maximum absolute atomic E-state index is 13.3. The molecule has 0 atom stereocenters. The Kier molecular flexibility index (Phi) is 6.67. The standard InChI is InChI=1S/C23H27ClN4O3/c1-5-27(13-20(29)25-18-12-16(24)11-10-15(18)2)14-21(30)28-19-9-7-6-8-17(19)26-22(31)23(28,3)4/h6-12H,5,13-14H2,1-4H3,(H,25,29)(H,26,31). The fourth-order valence-electron chi connectivity index (χ4n) is 3.56. The number of hydrogen-bond donors (Lipinski definition) is 2. The van der Waals surface area contributed by atoms with Gasteiger partial charge in [-0.2, -0.15) is 0 Å². The van der Waals surface area contributed by atoms with Gasteiger partial charge in [-0.1, -0.05) is 36.7 Å². The summed E-state index contributed by atoms with van der Waals surface area (Å²) in [5.41, 5.74) is 1.73. The maximum Gasteiger partial charge on any atom is 0.250 e. The minimum atomic E-state index is -1.05. The molecule has 1 heterocycles. The summed E-state index contributed by atoms with van der Waals surface area (Å²) in [6, 6.07) is 12.5. The summed E-state index contributed by atoms with van der Waals surface area (Å²) >= 11 is 6.02. The van der Waals surface area contributed by atoms with Gasteiger partial charge in [0.2, 0.25) is 17.7 Å². The van der Waals surface area contributed by atoms with E-state index >= 15 is 0 Å². The van der Waals surface area contributed by atoms with Crippen molar-refractivity contribution in [1.29, 1.82) is 0 Å². The van der Waals surface area contributed by atoms with Crippen molar-refractivity contribution in [2.75, 3.05) is 35.2 Å². The summed E-state index contributed by atoms with van der Waals surface area (Å²) in [5, 5.41) is 6.24. The summed E-state index contributed by atoms with van der Waals surface area (Å²) in [7, 11) is 0. The van der Waals surface area contributed by atoms with E-state index in [1.165, 1.54) is 4.90 Å². The molecule has 0 aliphatic carbocycles. The molecule has 0 spiro atoms. The highest BCUT2D eigenvalue weighted by atomic mass is 35.5. The van der Waals surface area contributed by atoms with E-state index in [0.717, 1.165) is 5.56 Å². The second kappa shape index (κ2) is 9.08. The summed E-state index contributed by atoms with van der Waals surface area (Å²) < 4.78 is 0. The zero-order chi connectivity index (χ0) is 22.8. The van der Waals surface area contributed by atoms with E-state index in [2.05, 4.69) is 10.6 Å². The van der Waals surface area contributed by atoms with Gasteiger partial charge >= 0.3 is 0 Å². The molecular weight excluding hydrogens is 416 g/mol. The van der Waals surface area contributed by atoms with Crippen LogP contribution in [0.1, 0.15) is 26.3 Å². The van der Waals surface area contributed by atoms with Crippen molar-refractivity contribution in [2.24, 2.45) is 0 Å². The molecule has 0 saturated carbocycles. The topological polar surface area (TPSA) is 81.8 Å². The maximum atomic E-state index is 13.3. The van der Waals surface area contributed by atoms with Crippen molar-refractivity contribution in [2.45, 2.75) is 33.2 Å². The largest absolute Gasteiger partial charge is 0.325 e. The first kappa shape index (κ1) is 22.8. The summed E-state index contributed by atoms with van der Waals surface area (Å²) in [5.74, 6) is -0.742. The van der Waals surface area contributed by atoms with Crippen LogP contribution >= 0.6 is 11.6 Å². The number of anilines is 3. The molecule has 0 radical (unpaired) electrons. The van der Waals surface area contributed by atoms with Crippen molar-refractivity contribution >= 4 is 46.4 Å². The SMILES string of the molecule is CCN(CC(=O)Nc1cc(Cl)ccc1C)CC(=O)N1c2ccccc2NC(=O)C1(C)C. The first-order chi connectivity index (χ1) is 14.6. The van der Waals surface area contributed by atoms with Crippen molar-refractivity contribution in [1.82, 2.24) is 4.90 Å². The van der Waals surface area contributed by atoms with Gasteiger partial charge in [-0.3, -0.25) is 24.2 Å². The second-order valence-electron chi connectivity index (χ2n) is 8.07. The quantitative estimate of drug-likeness (QED) is 0.715. The van der Waals surface area contributed by atoms with Gasteiger partial charge in [0.1, 0.15) is 5.54 Å². The Hall–Kier alpha value is -2.90. The zero-order valence-electron chi connectivity index (χ0n) is 18.2. The number of rotatable bonds is 6. The third-order valence-corrected chi connectivity index (χ3v) is 5.64. The lowest BCUT2D eigenvalue weighted by molar-refractivity contribution is -0.127. The number of benzene rings is 2. The summed E-state index contributed by atoms with van der Waals surface area (Å²) in [6.45, 7) is 7.72. The lowest BCUT2D eigenvalue weighted by Crippen LogP contribution is -2.60. The molecule has 164 valence electrons. The average Bonchev–Trinajstić information content (AvgIpc) is 2.70. The molecule has 8 heteroatoms. The van der Waals surface area contributed by atoms with Crippen molar-refractivity contribution in [3.8, 4) is 0 Å². The van der Waals surface area contributed by atoms with Crippen LogP contribution in [0.2, 0.25) is 5.02 Å². The van der Waals surface area contributed by atoms with Gasteiger partial charge in [0.05, 0.1) is 24.5 Å². The van der Waals surface area contributed by atoms with E-state index in [1.54, 1.807) is 49.1 Å². The number of nitrogens with zero attached hydrogens (tertiary/aromatic N) is 2. The summed E-state index contributed by atoms with van der Waals surface area (Å²) in [6.07, 6.45) is 0. The number of nitrogens with one attached hydrogen (secondary N) is 2. The highest BCUT2D eigenvalue weighted by Crippen LogP contribution is 2.36. The van der Waals surface area contributed by atoms with Crippen LogP contribution in [0.3, 0.4) is 0 Å². The van der Waals surface area contributed by atoms with Gasteiger partial charge in [-0.05, 0) is 57.1 Å². The Balaban J connectivity index is 1.74. The van der Waals surface area contributed by atoms with E-state index in [0.29, 0.717) is 28.6 Å². The Labute approximate surface area is 187 Å². The molecule has 7 nitrogen and oxygen atoms in total. The van der Waals surface area contributed by atoms with Crippen LogP contribution < -0.4 is 15.5 Å². The lowest BCUT2D eigenvalue weighted by Gasteiger charge is -2.42. The van der Waals surface area contributed by atoms with Crippen molar-refractivity contribution < 1.29 is 14.4 Å². The molecule has 1 aliphatic rings. The molecule has 1 aliphatic heterocycles. The second-order valence-corrected chi connectivity index (χ2v) is 8.51. The van der Waals surface area contributed by atoms with E-state index in [9.17, 15) is 14.4 Å². The Morgan fingerprint density at radius 3 is 2.58 bits per heavy atom. The molecule has 0 aromatic heterocycles. The fourth-order valence-corrected chi connectivity index (χ4v) is 3.73. The van der Waals surface area contributed by atoms with Crippen LogP contribution in [0.5, 0.6) is 0 Å². The van der Waals surface area contributed by atoms with Crippen LogP contribution in [0.15, 0.2) is 42.5 Å². The first-order valence-electron chi connectivity index (χ1n) is 10.2. The molecule has 0 unspecified atom stereocenters. The van der Waals surface area contributed by atoms with E-state index in [1.807, 2.05) is 26.0 Å². The predicted octanol–water partition coefficient (Wildman–Crippen LogP) is 3.67. The molecule has 0 saturated heterocycles. The van der Waals surface area contributed by atoms with Gasteiger partial charge in [-0.25, -0.2) is 0 Å². The molecule has 2 N–H and O–H groups in total. The van der Waals surface area contributed by atoms with Gasteiger partial charge in [-0.15, -0.1) is 0 Å². The van der Waals surface area contributed by atoms with Gasteiger partial charge < -0.3 is 10.6 Å². The number of aryl methyl sites for hydroxylation is 1. The number of likely N-dealkylation sites (N-methyl/N-ethyl adjacent to an activating group) is 1. The Morgan fingerprint density at radius 2 is 1.87 bits per heavy atom. The number of hydrogen-bond acceptors (Lipinski definition) is 4. The minimum absolute atomic E-state index is 0.00346. The van der Waals surface area contributed by atoms with Gasteiger partial charge in [0, 0.05) is 10.7 Å². The molecule has 2 aromatic carbocycles. The number of halogens is 1. The van der Waals surface area contributed by atoms with Gasteiger partial charge in [0.25, 0.3) is 0 Å². The number of amides is 3. The van der Waals surface area contributed by atoms with Crippen LogP contribution in [0.25, 0.3) is 0 Å². The number of carbonyl (C=O) groups is 3. The van der Waals surface area contributed by atoms with E-state index < -0.39 is 5.54 Å². The monoisotopic (exact) mass is 442 g/mol. The summed E-state index contributed by atoms with van der Waals surface area (Å²) in [4.78, 5) is 41.7. The minimum Gasteiger partial charge on any atom is -0.325 e. The van der Waals surface area contributed by atoms with Crippen LogP contribution in [-0.2, 0) is 14.4 Å². The molecule has 3 rings (SSSR count). The third-order valence-electron chi connectivity index (χ3n) is 5.40. The molecule has 2 aromatic rings. The van der Waals surface area contributed by atoms with Crippen molar-refractivity contribution in [3.05, 3.63) is 53.1 Å². The third kappa shape index (κ3) is 4.89. The highest BCUT2D eigenvalue weighted by molar-refractivity contribution is 6.31.